The molecule has 0 radical (unpaired) electrons. The smallest absolute Gasteiger partial charge is 0.196 e. The molecule has 0 atom stereocenters. The Hall–Kier alpha value is -9.92. The molecule has 8 aromatic heterocycles. The molecular formula is C84H96N8+8. The fraction of sp³-hybridized carbons (Fsp3) is 0.238. The molecule has 0 saturated heterocycles. The van der Waals surface area contributed by atoms with E-state index < -0.39 is 0 Å². The third-order valence-electron chi connectivity index (χ3n) is 18.2. The van der Waals surface area contributed by atoms with Gasteiger partial charge < -0.3 is 0 Å². The average molecular weight is 1220 g/mol. The summed E-state index contributed by atoms with van der Waals surface area (Å²) in [7, 11) is 17.0. The lowest BCUT2D eigenvalue weighted by Gasteiger charge is -2.10. The van der Waals surface area contributed by atoms with E-state index in [0.29, 0.717) is 0 Å². The fourth-order valence-electron chi connectivity index (χ4n) is 12.4. The zero-order valence-corrected chi connectivity index (χ0v) is 58.4. The molecule has 0 bridgehead atoms. The molecule has 0 aliphatic carbocycles. The minimum Gasteiger partial charge on any atom is -0.196 e. The van der Waals surface area contributed by atoms with Gasteiger partial charge in [0.05, 0.1) is 0 Å². The predicted molar refractivity (Wildman–Crippen MR) is 376 cm³/mol. The predicted octanol–water partition coefficient (Wildman–Crippen LogP) is 14.4. The maximum atomic E-state index is 2.31. The molecule has 4 aromatic carbocycles. The van der Waals surface area contributed by atoms with Gasteiger partial charge in [0.2, 0.25) is 22.8 Å². The van der Waals surface area contributed by atoms with Crippen LogP contribution in [0.15, 0.2) is 219 Å². The van der Waals surface area contributed by atoms with Gasteiger partial charge in [0.15, 0.2) is 24.8 Å². The number of nitrogens with zero attached hydrogens (tertiary/aromatic N) is 8. The Labute approximate surface area is 549 Å². The van der Waals surface area contributed by atoms with Crippen LogP contribution in [0.3, 0.4) is 0 Å². The SMILES string of the molecule is Cc1cc(C)c(-c2cccc(-c3cc(C)c(C)c[n+]3C)[n+]2C)cc1C.Cc1ccc(C)c(-c2cccc(-c3cc(C)cc[n+]3C)[n+]2C)c1.Cc1ccc(C)c(-c2cccc(-c3ccc(C)c[n+]3C)[n+]2C)c1.Cc1ccccc1-c1cccc(-c2cccc[n+]2C)[n+]1C. The monoisotopic (exact) mass is 1220 g/mol. The summed E-state index contributed by atoms with van der Waals surface area (Å²) in [6.07, 6.45) is 8.57. The lowest BCUT2D eigenvalue weighted by molar-refractivity contribution is -0.685. The summed E-state index contributed by atoms with van der Waals surface area (Å²) in [6, 6.07) is 69.8. The van der Waals surface area contributed by atoms with Gasteiger partial charge in [-0.25, -0.2) is 0 Å². The molecule has 0 aliphatic rings. The van der Waals surface area contributed by atoms with Gasteiger partial charge in [0.1, 0.15) is 56.4 Å². The standard InChI is InChI=1S/C23H28N2.2C21H24N2.C19H20N2/c1-15-11-18(4)20(12-16(15)2)21-9-8-10-22(25(21)7)23-13-17(3)19(5)14-24(23)6;1-15-9-11-17(3)18(13-15)19-7-6-8-21(23(19)5)20-12-10-16(2)14-22(20)4;1-15-9-10-17(3)18(13-15)19-7-6-8-20(23(19)5)21-14-16(2)11-12-22(21)4;1-15-9-4-5-10-16(15)17-12-8-13-19(21(17)3)18-11-6-7-14-20(18)2/h8-14H,1-7H3;2*6-14H,1-5H3;4-14H,1-3H3/q4*+2. The van der Waals surface area contributed by atoms with Crippen LogP contribution >= 0.6 is 0 Å². The van der Waals surface area contributed by atoms with Crippen molar-refractivity contribution in [3.63, 3.8) is 0 Å². The first-order valence-electron chi connectivity index (χ1n) is 32.0. The Balaban J connectivity index is 0.000000145. The third-order valence-corrected chi connectivity index (χ3v) is 18.2. The summed E-state index contributed by atoms with van der Waals surface area (Å²) >= 11 is 0. The molecule has 8 heteroatoms. The van der Waals surface area contributed by atoms with Crippen LogP contribution in [-0.2, 0) is 56.4 Å². The number of hydrogen-bond acceptors (Lipinski definition) is 0. The molecule has 0 spiro atoms. The van der Waals surface area contributed by atoms with Gasteiger partial charge in [0, 0.05) is 118 Å². The molecule has 0 aliphatic heterocycles. The van der Waals surface area contributed by atoms with Crippen molar-refractivity contribution >= 4 is 0 Å². The van der Waals surface area contributed by atoms with E-state index in [4.69, 9.17) is 0 Å². The summed E-state index contributed by atoms with van der Waals surface area (Å²) in [5.41, 5.74) is 35.5. The highest BCUT2D eigenvalue weighted by atomic mass is 15.0. The molecule has 0 amide bonds. The summed E-state index contributed by atoms with van der Waals surface area (Å²) in [4.78, 5) is 0. The van der Waals surface area contributed by atoms with Crippen LogP contribution in [-0.4, -0.2) is 0 Å². The Kier molecular flexibility index (Phi) is 20.9. The molecule has 12 rings (SSSR count). The van der Waals surface area contributed by atoms with Crippen LogP contribution < -0.4 is 36.5 Å². The van der Waals surface area contributed by atoms with E-state index in [9.17, 15) is 0 Å². The highest BCUT2D eigenvalue weighted by Crippen LogP contribution is 2.29. The van der Waals surface area contributed by atoms with Crippen molar-refractivity contribution in [2.75, 3.05) is 0 Å². The lowest BCUT2D eigenvalue weighted by Crippen LogP contribution is -2.40. The summed E-state index contributed by atoms with van der Waals surface area (Å²) < 4.78 is 17.9. The van der Waals surface area contributed by atoms with Crippen LogP contribution in [0.25, 0.3) is 90.6 Å². The van der Waals surface area contributed by atoms with Crippen LogP contribution in [0.1, 0.15) is 66.8 Å². The van der Waals surface area contributed by atoms with Crippen LogP contribution in [0.2, 0.25) is 0 Å². The van der Waals surface area contributed by atoms with Crippen molar-refractivity contribution in [2.45, 2.75) is 83.1 Å². The molecule has 0 unspecified atom stereocenters. The van der Waals surface area contributed by atoms with Crippen molar-refractivity contribution < 1.29 is 36.5 Å². The minimum atomic E-state index is 1.20. The Morgan fingerprint density at radius 2 is 0.554 bits per heavy atom. The first-order valence-corrected chi connectivity index (χ1v) is 32.0. The largest absolute Gasteiger partial charge is 0.277 e. The second-order valence-electron chi connectivity index (χ2n) is 25.4. The number of aromatic nitrogens is 8. The maximum absolute atomic E-state index is 2.31. The van der Waals surface area contributed by atoms with Crippen LogP contribution in [0.5, 0.6) is 0 Å². The molecule has 92 heavy (non-hydrogen) atoms. The topological polar surface area (TPSA) is 31.0 Å². The van der Waals surface area contributed by atoms with Gasteiger partial charge in [-0.05, 0) is 188 Å². The molecule has 8 nitrogen and oxygen atoms in total. The van der Waals surface area contributed by atoms with Gasteiger partial charge in [-0.1, -0.05) is 59.7 Å². The van der Waals surface area contributed by atoms with Gasteiger partial charge in [0.25, 0.3) is 45.6 Å². The van der Waals surface area contributed by atoms with Gasteiger partial charge in [-0.2, -0.15) is 36.5 Å². The Morgan fingerprint density at radius 3 is 1.07 bits per heavy atom. The average Bonchev–Trinajstić information content (AvgIpc) is 0.818. The van der Waals surface area contributed by atoms with Crippen molar-refractivity contribution in [1.82, 2.24) is 0 Å². The molecular weight excluding hydrogens is 1120 g/mol. The first kappa shape index (κ1) is 66.5. The van der Waals surface area contributed by atoms with Crippen molar-refractivity contribution in [2.24, 2.45) is 56.4 Å². The molecule has 0 saturated carbocycles. The lowest BCUT2D eigenvalue weighted by atomic mass is 9.97. The second kappa shape index (κ2) is 28.9. The Bertz CT molecular complexity index is 4490. The van der Waals surface area contributed by atoms with E-state index in [1.165, 1.54) is 157 Å². The van der Waals surface area contributed by atoms with Gasteiger partial charge in [-0.3, -0.25) is 0 Å². The third kappa shape index (κ3) is 14.8. The van der Waals surface area contributed by atoms with E-state index in [2.05, 4.69) is 395 Å². The van der Waals surface area contributed by atoms with Crippen molar-refractivity contribution in [1.29, 1.82) is 0 Å². The van der Waals surface area contributed by atoms with Crippen LogP contribution in [0, 0.1) is 83.1 Å². The highest BCUT2D eigenvalue weighted by Gasteiger charge is 2.28. The molecule has 0 fully saturated rings. The van der Waals surface area contributed by atoms with E-state index >= 15 is 0 Å². The zero-order valence-electron chi connectivity index (χ0n) is 58.4. The van der Waals surface area contributed by atoms with E-state index in [-0.39, 0.29) is 0 Å². The maximum Gasteiger partial charge on any atom is 0.277 e. The number of benzene rings is 4. The van der Waals surface area contributed by atoms with Crippen molar-refractivity contribution in [3.05, 3.63) is 286 Å². The van der Waals surface area contributed by atoms with Gasteiger partial charge in [-0.15, -0.1) is 0 Å². The quantitative estimate of drug-likeness (QED) is 0.136. The van der Waals surface area contributed by atoms with E-state index in [1.807, 2.05) is 0 Å². The fourth-order valence-corrected chi connectivity index (χ4v) is 12.4. The van der Waals surface area contributed by atoms with Gasteiger partial charge >= 0.3 is 0 Å². The second-order valence-corrected chi connectivity index (χ2v) is 25.4. The first-order chi connectivity index (χ1) is 43.9. The Morgan fingerprint density at radius 1 is 0.185 bits per heavy atom. The normalized spacial score (nSPS) is 10.8. The van der Waals surface area contributed by atoms with Crippen LogP contribution in [0.4, 0.5) is 0 Å². The van der Waals surface area contributed by atoms with E-state index in [1.54, 1.807) is 0 Å². The number of pyridine rings is 8. The summed E-state index contributed by atoms with van der Waals surface area (Å²) in [5, 5.41) is 0. The highest BCUT2D eigenvalue weighted by molar-refractivity contribution is 5.67. The molecule has 12 aromatic rings. The number of aryl methyl sites for hydroxylation is 16. The zero-order chi connectivity index (χ0) is 66.2. The van der Waals surface area contributed by atoms with Crippen molar-refractivity contribution in [3.8, 4) is 90.6 Å². The summed E-state index contributed by atoms with van der Waals surface area (Å²) in [6.45, 7) is 26.0. The molecule has 8 heterocycles. The molecule has 464 valence electrons. The minimum absolute atomic E-state index is 1.20. The number of hydrogen-bond donors (Lipinski definition) is 0. The number of rotatable bonds is 8. The molecule has 0 N–H and O–H groups in total. The van der Waals surface area contributed by atoms with E-state index in [0.717, 1.165) is 0 Å². The summed E-state index contributed by atoms with van der Waals surface area (Å²) in [5.74, 6) is 0.